The molecule has 0 aromatic heterocycles. The summed E-state index contributed by atoms with van der Waals surface area (Å²) in [5.74, 6) is -0.957. The molecule has 0 saturated carbocycles. The molecule has 2 aromatic carbocycles. The van der Waals surface area contributed by atoms with E-state index < -0.39 is 34.2 Å². The van der Waals surface area contributed by atoms with Gasteiger partial charge in [0, 0.05) is 5.69 Å². The molecule has 2 rings (SSSR count). The number of aryl methyl sites for hydroxylation is 1. The summed E-state index contributed by atoms with van der Waals surface area (Å²) < 4.78 is 63.8. The second-order valence-corrected chi connectivity index (χ2v) is 7.43. The van der Waals surface area contributed by atoms with E-state index in [2.05, 4.69) is 10.0 Å². The van der Waals surface area contributed by atoms with Crippen LogP contribution in [0, 0.1) is 0 Å². The van der Waals surface area contributed by atoms with Gasteiger partial charge >= 0.3 is 6.18 Å². The minimum atomic E-state index is -4.53. The number of sulfonamides is 1. The molecule has 0 bridgehead atoms. The van der Waals surface area contributed by atoms with Crippen molar-refractivity contribution < 1.29 is 26.4 Å². The van der Waals surface area contributed by atoms with Crippen molar-refractivity contribution in [3.05, 3.63) is 65.7 Å². The van der Waals surface area contributed by atoms with Crippen LogP contribution in [0.3, 0.4) is 0 Å². The normalized spacial score (nSPS) is 12.0. The van der Waals surface area contributed by atoms with Gasteiger partial charge in [0.2, 0.25) is 15.9 Å². The number of anilines is 1. The number of carbonyl (C=O) groups is 1. The fourth-order valence-electron chi connectivity index (χ4n) is 2.12. The minimum Gasteiger partial charge on any atom is -0.325 e. The summed E-state index contributed by atoms with van der Waals surface area (Å²) >= 11 is 0. The van der Waals surface area contributed by atoms with Gasteiger partial charge in [-0.05, 0) is 30.2 Å². The van der Waals surface area contributed by atoms with Crippen LogP contribution in [0.4, 0.5) is 18.9 Å². The van der Waals surface area contributed by atoms with Crippen molar-refractivity contribution in [2.24, 2.45) is 0 Å². The molecule has 0 heterocycles. The Balaban J connectivity index is 1.86. The van der Waals surface area contributed by atoms with E-state index >= 15 is 0 Å². The van der Waals surface area contributed by atoms with Gasteiger partial charge in [-0.15, -0.1) is 0 Å². The van der Waals surface area contributed by atoms with Crippen LogP contribution in [0.2, 0.25) is 0 Å². The summed E-state index contributed by atoms with van der Waals surface area (Å²) in [6, 6.07) is 13.1. The van der Waals surface area contributed by atoms with Crippen LogP contribution >= 0.6 is 0 Å². The molecule has 0 aliphatic heterocycles. The number of amides is 1. The quantitative estimate of drug-likeness (QED) is 0.768. The van der Waals surface area contributed by atoms with Crippen molar-refractivity contribution in [3.8, 4) is 0 Å². The lowest BCUT2D eigenvalue weighted by Gasteiger charge is -2.10. The van der Waals surface area contributed by atoms with Gasteiger partial charge in [-0.3, -0.25) is 4.79 Å². The Kier molecular flexibility index (Phi) is 6.38. The van der Waals surface area contributed by atoms with Gasteiger partial charge in [0.05, 0.1) is 17.9 Å². The Labute approximate surface area is 149 Å². The van der Waals surface area contributed by atoms with Gasteiger partial charge in [0.25, 0.3) is 0 Å². The topological polar surface area (TPSA) is 75.3 Å². The summed E-state index contributed by atoms with van der Waals surface area (Å²) in [5, 5.41) is 2.23. The second kappa shape index (κ2) is 8.33. The molecule has 2 aromatic rings. The zero-order chi connectivity index (χ0) is 19.2. The molecule has 140 valence electrons. The minimum absolute atomic E-state index is 0.0618. The lowest BCUT2D eigenvalue weighted by molar-refractivity contribution is -0.137. The molecule has 0 aliphatic carbocycles. The Morgan fingerprint density at radius 3 is 2.35 bits per heavy atom. The fourth-order valence-corrected chi connectivity index (χ4v) is 3.12. The van der Waals surface area contributed by atoms with E-state index in [-0.39, 0.29) is 17.9 Å². The van der Waals surface area contributed by atoms with Crippen LogP contribution in [0.25, 0.3) is 0 Å². The Hall–Kier alpha value is -2.39. The summed E-state index contributed by atoms with van der Waals surface area (Å²) in [4.78, 5) is 11.8. The maximum absolute atomic E-state index is 12.6. The first-order valence-corrected chi connectivity index (χ1v) is 9.29. The average molecular weight is 386 g/mol. The third kappa shape index (κ3) is 6.49. The van der Waals surface area contributed by atoms with Crippen LogP contribution < -0.4 is 10.0 Å². The van der Waals surface area contributed by atoms with E-state index in [1.54, 1.807) is 24.3 Å². The van der Waals surface area contributed by atoms with Crippen LogP contribution in [0.15, 0.2) is 54.6 Å². The van der Waals surface area contributed by atoms with Crippen molar-refractivity contribution in [1.29, 1.82) is 0 Å². The Morgan fingerprint density at radius 2 is 1.69 bits per heavy atom. The molecule has 9 heteroatoms. The Morgan fingerprint density at radius 1 is 1.00 bits per heavy atom. The predicted octanol–water partition coefficient (Wildman–Crippen LogP) is 2.81. The van der Waals surface area contributed by atoms with Crippen LogP contribution in [0.5, 0.6) is 0 Å². The number of hydrogen-bond acceptors (Lipinski definition) is 3. The van der Waals surface area contributed by atoms with Gasteiger partial charge < -0.3 is 5.32 Å². The maximum Gasteiger partial charge on any atom is 0.416 e. The summed E-state index contributed by atoms with van der Waals surface area (Å²) in [7, 11) is -3.69. The maximum atomic E-state index is 12.6. The van der Waals surface area contributed by atoms with Crippen molar-refractivity contribution in [3.63, 3.8) is 0 Å². The second-order valence-electron chi connectivity index (χ2n) is 5.50. The number of nitrogens with one attached hydrogen (secondary N) is 2. The molecule has 1 amide bonds. The molecule has 0 unspecified atom stereocenters. The highest BCUT2D eigenvalue weighted by Gasteiger charge is 2.30. The van der Waals surface area contributed by atoms with Crippen molar-refractivity contribution in [2.45, 2.75) is 12.6 Å². The fraction of sp³-hybridized carbons (Fsp3) is 0.235. The lowest BCUT2D eigenvalue weighted by Crippen LogP contribution is -2.34. The Bertz CT molecular complexity index is 853. The number of alkyl halides is 3. The lowest BCUT2D eigenvalue weighted by atomic mass is 10.2. The van der Waals surface area contributed by atoms with Gasteiger partial charge in [-0.2, -0.15) is 13.2 Å². The number of halogens is 3. The van der Waals surface area contributed by atoms with Gasteiger partial charge in [0.1, 0.15) is 0 Å². The largest absolute Gasteiger partial charge is 0.416 e. The zero-order valence-corrected chi connectivity index (χ0v) is 14.4. The molecule has 0 radical (unpaired) electrons. The highest BCUT2D eigenvalue weighted by Crippen LogP contribution is 2.30. The number of hydrogen-bond donors (Lipinski definition) is 2. The number of carbonyl (C=O) groups excluding carboxylic acids is 1. The highest BCUT2D eigenvalue weighted by atomic mass is 32.2. The molecule has 0 fully saturated rings. The predicted molar refractivity (Wildman–Crippen MR) is 92.0 cm³/mol. The average Bonchev–Trinajstić information content (AvgIpc) is 2.59. The van der Waals surface area contributed by atoms with E-state index in [0.717, 1.165) is 23.8 Å². The van der Waals surface area contributed by atoms with E-state index in [1.165, 1.54) is 6.07 Å². The molecule has 0 saturated heterocycles. The monoisotopic (exact) mass is 386 g/mol. The van der Waals surface area contributed by atoms with Crippen LogP contribution in [0.1, 0.15) is 11.1 Å². The van der Waals surface area contributed by atoms with Gasteiger partial charge in [-0.1, -0.05) is 36.4 Å². The van der Waals surface area contributed by atoms with Crippen molar-refractivity contribution >= 4 is 21.6 Å². The molecule has 26 heavy (non-hydrogen) atoms. The third-order valence-corrected chi connectivity index (χ3v) is 4.75. The summed E-state index contributed by atoms with van der Waals surface area (Å²) in [6.45, 7) is -0.562. The van der Waals surface area contributed by atoms with E-state index in [1.807, 2.05) is 6.07 Å². The highest BCUT2D eigenvalue weighted by molar-refractivity contribution is 7.89. The molecular formula is C17H17F3N2O3S. The molecule has 2 N–H and O–H groups in total. The molecule has 0 spiro atoms. The van der Waals surface area contributed by atoms with Crippen molar-refractivity contribution in [1.82, 2.24) is 4.72 Å². The first-order chi connectivity index (χ1) is 12.2. The molecular weight excluding hydrogens is 369 g/mol. The third-order valence-electron chi connectivity index (χ3n) is 3.43. The first-order valence-electron chi connectivity index (χ1n) is 7.64. The van der Waals surface area contributed by atoms with E-state index in [4.69, 9.17) is 0 Å². The number of benzene rings is 2. The van der Waals surface area contributed by atoms with Gasteiger partial charge in [-0.25, -0.2) is 13.1 Å². The standard InChI is InChI=1S/C17H17F3N2O3S/c18-17(19,20)14-7-4-8-15(11-14)22-16(23)12-21-26(24,25)10-9-13-5-2-1-3-6-13/h1-8,11,21H,9-10,12H2,(H,22,23). The van der Waals surface area contributed by atoms with Crippen molar-refractivity contribution in [2.75, 3.05) is 17.6 Å². The van der Waals surface area contributed by atoms with Crippen LogP contribution in [-0.4, -0.2) is 26.6 Å². The first kappa shape index (κ1) is 19.9. The summed E-state index contributed by atoms with van der Waals surface area (Å²) in [6.07, 6.45) is -4.24. The molecule has 0 aliphatic rings. The smallest absolute Gasteiger partial charge is 0.325 e. The van der Waals surface area contributed by atoms with E-state index in [0.29, 0.717) is 0 Å². The zero-order valence-electron chi connectivity index (χ0n) is 13.6. The number of rotatable bonds is 7. The van der Waals surface area contributed by atoms with Gasteiger partial charge in [0.15, 0.2) is 0 Å². The van der Waals surface area contributed by atoms with E-state index in [9.17, 15) is 26.4 Å². The SMILES string of the molecule is O=C(CNS(=O)(=O)CCc1ccccc1)Nc1cccc(C(F)(F)F)c1. The molecule has 0 atom stereocenters. The van der Waals surface area contributed by atoms with Crippen LogP contribution in [-0.2, 0) is 27.4 Å². The molecule has 5 nitrogen and oxygen atoms in total. The summed E-state index contributed by atoms with van der Waals surface area (Å²) in [5.41, 5.74) is -0.127.